The molecule has 0 unspecified atom stereocenters. The molecule has 2 heterocycles. The van der Waals surface area contributed by atoms with Crippen LogP contribution in [-0.2, 0) is 0 Å². The first-order valence-electron chi connectivity index (χ1n) is 7.43. The summed E-state index contributed by atoms with van der Waals surface area (Å²) >= 11 is 0. The highest BCUT2D eigenvalue weighted by molar-refractivity contribution is 5.80. The van der Waals surface area contributed by atoms with Crippen molar-refractivity contribution in [1.82, 2.24) is 19.5 Å². The molecule has 1 aromatic carbocycles. The van der Waals surface area contributed by atoms with E-state index in [0.717, 1.165) is 24.0 Å². The van der Waals surface area contributed by atoms with Crippen molar-refractivity contribution in [3.63, 3.8) is 0 Å². The Kier molecular flexibility index (Phi) is 3.91. The number of imidazole rings is 1. The molecular formula is C16H20N6. The largest absolute Gasteiger partial charge is 0.393 e. The molecule has 0 saturated carbocycles. The number of nitrogens with zero attached hydrogens (tertiary/aromatic N) is 4. The summed E-state index contributed by atoms with van der Waals surface area (Å²) in [6, 6.07) is 7.89. The zero-order valence-corrected chi connectivity index (χ0v) is 12.8. The van der Waals surface area contributed by atoms with Gasteiger partial charge in [0.05, 0.1) is 11.0 Å². The van der Waals surface area contributed by atoms with Crippen molar-refractivity contribution in [2.24, 2.45) is 5.92 Å². The van der Waals surface area contributed by atoms with Crippen molar-refractivity contribution < 1.29 is 0 Å². The predicted octanol–water partition coefficient (Wildman–Crippen LogP) is 2.86. The van der Waals surface area contributed by atoms with E-state index in [0.29, 0.717) is 23.2 Å². The molecule has 0 aliphatic rings. The van der Waals surface area contributed by atoms with Gasteiger partial charge in [0.25, 0.3) is 0 Å². The Labute approximate surface area is 129 Å². The van der Waals surface area contributed by atoms with Crippen LogP contribution in [0.2, 0.25) is 0 Å². The number of fused-ring (bicyclic) bond motifs is 1. The lowest BCUT2D eigenvalue weighted by atomic mass is 10.1. The average molecular weight is 296 g/mol. The van der Waals surface area contributed by atoms with Crippen molar-refractivity contribution in [1.29, 1.82) is 0 Å². The van der Waals surface area contributed by atoms with E-state index in [9.17, 15) is 0 Å². The van der Waals surface area contributed by atoms with Gasteiger partial charge in [-0.05, 0) is 24.5 Å². The van der Waals surface area contributed by atoms with Crippen LogP contribution in [0.4, 0.5) is 11.5 Å². The summed E-state index contributed by atoms with van der Waals surface area (Å²) in [5, 5.41) is 3.28. The summed E-state index contributed by atoms with van der Waals surface area (Å²) in [4.78, 5) is 12.9. The Balaban J connectivity index is 1.94. The number of hydrogen-bond acceptors (Lipinski definition) is 5. The average Bonchev–Trinajstić information content (AvgIpc) is 2.93. The van der Waals surface area contributed by atoms with Gasteiger partial charge in [-0.1, -0.05) is 26.0 Å². The zero-order valence-electron chi connectivity index (χ0n) is 12.8. The molecule has 0 saturated heterocycles. The van der Waals surface area contributed by atoms with E-state index in [4.69, 9.17) is 5.73 Å². The molecule has 0 radical (unpaired) electrons. The van der Waals surface area contributed by atoms with Crippen LogP contribution in [-0.4, -0.2) is 26.1 Å². The molecule has 114 valence electrons. The number of hydrogen-bond donors (Lipinski definition) is 2. The highest BCUT2D eigenvalue weighted by atomic mass is 15.2. The minimum Gasteiger partial charge on any atom is -0.393 e. The molecule has 0 aliphatic carbocycles. The fraction of sp³-hybridized carbons (Fsp3) is 0.312. The topological polar surface area (TPSA) is 81.7 Å². The molecular weight excluding hydrogens is 276 g/mol. The summed E-state index contributed by atoms with van der Waals surface area (Å²) < 4.78 is 1.89. The monoisotopic (exact) mass is 296 g/mol. The van der Waals surface area contributed by atoms with E-state index in [1.165, 1.54) is 6.33 Å². The Morgan fingerprint density at radius 3 is 2.82 bits per heavy atom. The van der Waals surface area contributed by atoms with Crippen LogP contribution in [0, 0.1) is 5.92 Å². The standard InChI is InChI=1S/C16H20N6/c1-11(2)7-8-18-15-14(17)16(20-9-19-15)22-10-21-12-5-3-4-6-13(12)22/h3-6,9-11H,7-8,17H2,1-2H3,(H,18,19,20). The number of nitrogens with two attached hydrogens (primary N) is 1. The molecule has 0 fully saturated rings. The smallest absolute Gasteiger partial charge is 0.167 e. The normalized spacial score (nSPS) is 11.2. The quantitative estimate of drug-likeness (QED) is 0.756. The third kappa shape index (κ3) is 2.72. The first-order valence-corrected chi connectivity index (χ1v) is 7.43. The minimum atomic E-state index is 0.536. The van der Waals surface area contributed by atoms with Crippen molar-refractivity contribution in [2.45, 2.75) is 20.3 Å². The van der Waals surface area contributed by atoms with Crippen molar-refractivity contribution in [3.8, 4) is 5.82 Å². The molecule has 3 rings (SSSR count). The van der Waals surface area contributed by atoms with Gasteiger partial charge in [0.15, 0.2) is 11.6 Å². The lowest BCUT2D eigenvalue weighted by molar-refractivity contribution is 0.606. The van der Waals surface area contributed by atoms with Gasteiger partial charge >= 0.3 is 0 Å². The number of para-hydroxylation sites is 2. The van der Waals surface area contributed by atoms with Gasteiger partial charge in [-0.3, -0.25) is 4.57 Å². The lowest BCUT2D eigenvalue weighted by Gasteiger charge is -2.12. The second-order valence-corrected chi connectivity index (χ2v) is 5.67. The minimum absolute atomic E-state index is 0.536. The molecule has 0 spiro atoms. The molecule has 0 bridgehead atoms. The number of anilines is 2. The molecule has 3 aromatic rings. The first-order chi connectivity index (χ1) is 10.7. The van der Waals surface area contributed by atoms with E-state index < -0.39 is 0 Å². The molecule has 6 nitrogen and oxygen atoms in total. The Morgan fingerprint density at radius 2 is 2.00 bits per heavy atom. The SMILES string of the molecule is CC(C)CCNc1ncnc(-n2cnc3ccccc32)c1N. The third-order valence-electron chi connectivity index (χ3n) is 3.56. The number of aromatic nitrogens is 4. The summed E-state index contributed by atoms with van der Waals surface area (Å²) in [5.74, 6) is 1.95. The fourth-order valence-electron chi connectivity index (χ4n) is 2.33. The van der Waals surface area contributed by atoms with Gasteiger partial charge in [0, 0.05) is 6.54 Å². The number of rotatable bonds is 5. The molecule has 22 heavy (non-hydrogen) atoms. The van der Waals surface area contributed by atoms with Crippen molar-refractivity contribution in [2.75, 3.05) is 17.6 Å². The second-order valence-electron chi connectivity index (χ2n) is 5.67. The fourth-order valence-corrected chi connectivity index (χ4v) is 2.33. The Hall–Kier alpha value is -2.63. The highest BCUT2D eigenvalue weighted by Crippen LogP contribution is 2.25. The molecule has 0 aliphatic heterocycles. The molecule has 2 aromatic heterocycles. The number of nitrogen functional groups attached to an aromatic ring is 1. The van der Waals surface area contributed by atoms with E-state index >= 15 is 0 Å². The Morgan fingerprint density at radius 1 is 1.18 bits per heavy atom. The van der Waals surface area contributed by atoms with Crippen LogP contribution in [0.5, 0.6) is 0 Å². The number of benzene rings is 1. The van der Waals surface area contributed by atoms with Crippen LogP contribution in [0.3, 0.4) is 0 Å². The van der Waals surface area contributed by atoms with E-state index in [1.54, 1.807) is 6.33 Å². The summed E-state index contributed by atoms with van der Waals surface area (Å²) in [7, 11) is 0. The van der Waals surface area contributed by atoms with E-state index in [1.807, 2.05) is 28.8 Å². The lowest BCUT2D eigenvalue weighted by Crippen LogP contribution is -2.11. The van der Waals surface area contributed by atoms with Crippen LogP contribution in [0.1, 0.15) is 20.3 Å². The number of nitrogens with one attached hydrogen (secondary N) is 1. The molecule has 0 amide bonds. The van der Waals surface area contributed by atoms with Gasteiger partial charge in [-0.25, -0.2) is 15.0 Å². The zero-order chi connectivity index (χ0) is 15.5. The first kappa shape index (κ1) is 14.3. The van der Waals surface area contributed by atoms with Crippen LogP contribution in [0.15, 0.2) is 36.9 Å². The van der Waals surface area contributed by atoms with Crippen LogP contribution in [0.25, 0.3) is 16.9 Å². The van der Waals surface area contributed by atoms with E-state index in [2.05, 4.69) is 34.1 Å². The summed E-state index contributed by atoms with van der Waals surface area (Å²) in [5.41, 5.74) is 8.67. The second kappa shape index (κ2) is 6.01. The van der Waals surface area contributed by atoms with Gasteiger partial charge in [0.1, 0.15) is 18.3 Å². The maximum absolute atomic E-state index is 6.25. The summed E-state index contributed by atoms with van der Waals surface area (Å²) in [6.07, 6.45) is 4.33. The van der Waals surface area contributed by atoms with Crippen molar-refractivity contribution in [3.05, 3.63) is 36.9 Å². The predicted molar refractivity (Wildman–Crippen MR) is 89.0 cm³/mol. The van der Waals surface area contributed by atoms with Crippen LogP contribution >= 0.6 is 0 Å². The highest BCUT2D eigenvalue weighted by Gasteiger charge is 2.12. The molecule has 3 N–H and O–H groups in total. The van der Waals surface area contributed by atoms with Gasteiger partial charge < -0.3 is 11.1 Å². The van der Waals surface area contributed by atoms with Gasteiger partial charge in [-0.15, -0.1) is 0 Å². The van der Waals surface area contributed by atoms with Gasteiger partial charge in [0.2, 0.25) is 0 Å². The van der Waals surface area contributed by atoms with Crippen molar-refractivity contribution >= 4 is 22.5 Å². The van der Waals surface area contributed by atoms with Crippen LogP contribution < -0.4 is 11.1 Å². The van der Waals surface area contributed by atoms with Gasteiger partial charge in [-0.2, -0.15) is 0 Å². The third-order valence-corrected chi connectivity index (χ3v) is 3.56. The van der Waals surface area contributed by atoms with E-state index in [-0.39, 0.29) is 0 Å². The molecule has 0 atom stereocenters. The Bertz CT molecular complexity index is 777. The maximum Gasteiger partial charge on any atom is 0.167 e. The summed E-state index contributed by atoms with van der Waals surface area (Å²) in [6.45, 7) is 5.21. The molecule has 6 heteroatoms. The maximum atomic E-state index is 6.25.